The summed E-state index contributed by atoms with van der Waals surface area (Å²) in [6.07, 6.45) is 2.12. The number of hydrogen-bond donors (Lipinski definition) is 0. The molecule has 1 N–H and O–H groups in total. The van der Waals surface area contributed by atoms with Crippen LogP contribution in [0.15, 0.2) is 0 Å². The number of amides is 1. The number of rotatable bonds is 4. The average Bonchev–Trinajstić information content (AvgIpc) is 1.80. The lowest BCUT2D eigenvalue weighted by Gasteiger charge is -1.97. The van der Waals surface area contributed by atoms with Gasteiger partial charge in [-0.2, -0.15) is 0 Å². The highest BCUT2D eigenvalue weighted by atomic mass is 16.5. The molecular weight excluding hydrogens is 118 g/mol. The molecule has 0 aromatic rings. The molecule has 3 heteroatoms. The van der Waals surface area contributed by atoms with Gasteiger partial charge in [0, 0.05) is 0 Å². The normalized spacial score (nSPS) is 9.00. The molecule has 0 bridgehead atoms. The molecule has 0 fully saturated rings. The molecule has 0 aromatic heterocycles. The van der Waals surface area contributed by atoms with E-state index in [-0.39, 0.29) is 0 Å². The van der Waals surface area contributed by atoms with Crippen LogP contribution in [0.1, 0.15) is 26.2 Å². The third kappa shape index (κ3) is 7.27. The predicted molar refractivity (Wildman–Crippen MR) is 34.0 cm³/mol. The van der Waals surface area contributed by atoms with E-state index in [0.29, 0.717) is 6.61 Å². The number of nitrogens with one attached hydrogen (secondary N) is 1. The summed E-state index contributed by atoms with van der Waals surface area (Å²) >= 11 is 0. The monoisotopic (exact) mass is 130 g/mol. The molecule has 1 amide bonds. The van der Waals surface area contributed by atoms with Crippen LogP contribution >= 0.6 is 0 Å². The van der Waals surface area contributed by atoms with Gasteiger partial charge in [-0.05, 0) is 6.42 Å². The van der Waals surface area contributed by atoms with E-state index in [1.807, 2.05) is 0 Å². The second-order valence-corrected chi connectivity index (χ2v) is 1.84. The maximum atomic E-state index is 9.85. The van der Waals surface area contributed by atoms with Crippen LogP contribution in [0, 0.1) is 0 Å². The van der Waals surface area contributed by atoms with Crippen molar-refractivity contribution in [3.63, 3.8) is 0 Å². The summed E-state index contributed by atoms with van der Waals surface area (Å²) in [5.41, 5.74) is 6.35. The Morgan fingerprint density at radius 3 is 2.67 bits per heavy atom. The molecule has 0 aromatic carbocycles. The Hall–Kier alpha value is -0.730. The summed E-state index contributed by atoms with van der Waals surface area (Å²) < 4.78 is 4.37. The Balaban J connectivity index is 2.83. The highest BCUT2D eigenvalue weighted by Crippen LogP contribution is 1.93. The SMILES string of the molecule is CCCCCOC([NH])=O. The number of unbranched alkanes of at least 4 members (excludes halogenated alkanes) is 2. The molecule has 53 valence electrons. The number of carbonyl (C=O) groups excluding carboxylic acids is 1. The molecule has 0 spiro atoms. The van der Waals surface area contributed by atoms with Gasteiger partial charge in [0.25, 0.3) is 0 Å². The minimum absolute atomic E-state index is 0.399. The quantitative estimate of drug-likeness (QED) is 0.542. The minimum Gasteiger partial charge on any atom is -0.448 e. The highest BCUT2D eigenvalue weighted by molar-refractivity contribution is 5.63. The molecule has 3 nitrogen and oxygen atoms in total. The Morgan fingerprint density at radius 1 is 1.56 bits per heavy atom. The molecule has 0 aliphatic carbocycles. The molecule has 9 heavy (non-hydrogen) atoms. The maximum Gasteiger partial charge on any atom is 0.426 e. The Labute approximate surface area is 55.2 Å². The van der Waals surface area contributed by atoms with Crippen molar-refractivity contribution >= 4 is 6.09 Å². The van der Waals surface area contributed by atoms with Gasteiger partial charge in [-0.25, -0.2) is 10.5 Å². The van der Waals surface area contributed by atoms with E-state index in [4.69, 9.17) is 5.73 Å². The highest BCUT2D eigenvalue weighted by Gasteiger charge is 1.91. The van der Waals surface area contributed by atoms with Crippen molar-refractivity contribution in [2.45, 2.75) is 26.2 Å². The molecule has 0 rings (SSSR count). The van der Waals surface area contributed by atoms with Crippen molar-refractivity contribution < 1.29 is 9.53 Å². The van der Waals surface area contributed by atoms with E-state index in [0.717, 1.165) is 19.3 Å². The summed E-state index contributed by atoms with van der Waals surface area (Å²) in [6.45, 7) is 2.47. The molecule has 0 saturated heterocycles. The number of hydrogen-bond acceptors (Lipinski definition) is 2. The lowest BCUT2D eigenvalue weighted by atomic mass is 10.3. The Morgan fingerprint density at radius 2 is 2.22 bits per heavy atom. The van der Waals surface area contributed by atoms with E-state index in [1.165, 1.54) is 0 Å². The molecule has 1 radical (unpaired) electrons. The first-order valence-corrected chi connectivity index (χ1v) is 3.15. The van der Waals surface area contributed by atoms with Crippen molar-refractivity contribution in [3.8, 4) is 0 Å². The fourth-order valence-corrected chi connectivity index (χ4v) is 0.517. The van der Waals surface area contributed by atoms with Crippen LogP contribution in [0.4, 0.5) is 4.79 Å². The third-order valence-electron chi connectivity index (χ3n) is 0.981. The van der Waals surface area contributed by atoms with Gasteiger partial charge >= 0.3 is 6.09 Å². The zero-order chi connectivity index (χ0) is 7.11. The van der Waals surface area contributed by atoms with Crippen LogP contribution in [-0.2, 0) is 4.74 Å². The molecule has 0 aliphatic heterocycles. The second kappa shape index (κ2) is 5.41. The lowest BCUT2D eigenvalue weighted by molar-refractivity contribution is 0.152. The number of ether oxygens (including phenoxy) is 1. The first-order valence-electron chi connectivity index (χ1n) is 3.15. The second-order valence-electron chi connectivity index (χ2n) is 1.84. The topological polar surface area (TPSA) is 50.1 Å². The van der Waals surface area contributed by atoms with Crippen LogP contribution in [0.5, 0.6) is 0 Å². The van der Waals surface area contributed by atoms with Crippen LogP contribution < -0.4 is 5.73 Å². The van der Waals surface area contributed by atoms with Crippen LogP contribution in [0.3, 0.4) is 0 Å². The van der Waals surface area contributed by atoms with Gasteiger partial charge in [0.05, 0.1) is 6.61 Å². The zero-order valence-corrected chi connectivity index (χ0v) is 5.64. The van der Waals surface area contributed by atoms with Gasteiger partial charge in [0.1, 0.15) is 0 Å². The van der Waals surface area contributed by atoms with E-state index < -0.39 is 6.09 Å². The van der Waals surface area contributed by atoms with E-state index in [1.54, 1.807) is 0 Å². The predicted octanol–water partition coefficient (Wildman–Crippen LogP) is 1.60. The molecule has 0 atom stereocenters. The number of carbonyl (C=O) groups is 1. The van der Waals surface area contributed by atoms with Gasteiger partial charge in [-0.3, -0.25) is 0 Å². The smallest absolute Gasteiger partial charge is 0.426 e. The van der Waals surface area contributed by atoms with Gasteiger partial charge < -0.3 is 4.74 Å². The lowest BCUT2D eigenvalue weighted by Crippen LogP contribution is -2.03. The van der Waals surface area contributed by atoms with Crippen molar-refractivity contribution in [3.05, 3.63) is 0 Å². The Kier molecular flexibility index (Phi) is 4.97. The van der Waals surface area contributed by atoms with Gasteiger partial charge in [0.2, 0.25) is 0 Å². The summed E-state index contributed by atoms with van der Waals surface area (Å²) in [6, 6.07) is 0. The fraction of sp³-hybridized carbons (Fsp3) is 0.833. The molecular formula is C6H12NO2. The first-order chi connectivity index (χ1) is 4.27. The maximum absolute atomic E-state index is 9.85. The van der Waals surface area contributed by atoms with Gasteiger partial charge in [-0.1, -0.05) is 19.8 Å². The first kappa shape index (κ1) is 8.27. The van der Waals surface area contributed by atoms with Gasteiger partial charge in [-0.15, -0.1) is 0 Å². The van der Waals surface area contributed by atoms with Crippen LogP contribution in [0.25, 0.3) is 0 Å². The fourth-order valence-electron chi connectivity index (χ4n) is 0.517. The molecule has 0 saturated carbocycles. The summed E-state index contributed by atoms with van der Waals surface area (Å²) in [5.74, 6) is 0. The van der Waals surface area contributed by atoms with E-state index in [2.05, 4.69) is 11.7 Å². The molecule has 0 aliphatic rings. The van der Waals surface area contributed by atoms with E-state index in [9.17, 15) is 4.79 Å². The third-order valence-corrected chi connectivity index (χ3v) is 0.981. The van der Waals surface area contributed by atoms with Crippen molar-refractivity contribution in [1.82, 2.24) is 5.73 Å². The largest absolute Gasteiger partial charge is 0.448 e. The van der Waals surface area contributed by atoms with E-state index >= 15 is 0 Å². The zero-order valence-electron chi connectivity index (χ0n) is 5.64. The standard InChI is InChI=1S/C6H12NO2/c1-2-3-4-5-9-6(7)8/h7H,2-5H2,1H3. The van der Waals surface area contributed by atoms with Crippen LogP contribution in [-0.4, -0.2) is 12.7 Å². The average molecular weight is 130 g/mol. The minimum atomic E-state index is -0.925. The summed E-state index contributed by atoms with van der Waals surface area (Å²) in [7, 11) is 0. The summed E-state index contributed by atoms with van der Waals surface area (Å²) in [4.78, 5) is 9.85. The summed E-state index contributed by atoms with van der Waals surface area (Å²) in [5, 5.41) is 0. The van der Waals surface area contributed by atoms with Crippen molar-refractivity contribution in [2.24, 2.45) is 0 Å². The van der Waals surface area contributed by atoms with Crippen molar-refractivity contribution in [2.75, 3.05) is 6.61 Å². The molecule has 0 unspecified atom stereocenters. The van der Waals surface area contributed by atoms with Crippen molar-refractivity contribution in [1.29, 1.82) is 0 Å². The Bertz CT molecular complexity index is 83.1. The molecule has 0 heterocycles. The van der Waals surface area contributed by atoms with Crippen LogP contribution in [0.2, 0.25) is 0 Å². The van der Waals surface area contributed by atoms with Gasteiger partial charge in [0.15, 0.2) is 0 Å².